The smallest absolute Gasteiger partial charge is 0.495 e. The van der Waals surface area contributed by atoms with Crippen molar-refractivity contribution < 1.29 is 22.6 Å². The first-order valence-electron chi connectivity index (χ1n) is 5.34. The van der Waals surface area contributed by atoms with Crippen LogP contribution in [0.4, 0.5) is 13.2 Å². The van der Waals surface area contributed by atoms with Crippen LogP contribution in [0, 0.1) is 0 Å². The predicted molar refractivity (Wildman–Crippen MR) is 62.9 cm³/mol. The van der Waals surface area contributed by atoms with Gasteiger partial charge in [-0.2, -0.15) is 0 Å². The Hall–Kier alpha value is -2.24. The number of halogens is 3. The van der Waals surface area contributed by atoms with E-state index in [2.05, 4.69) is 9.72 Å². The zero-order chi connectivity index (χ0) is 13.9. The quantitative estimate of drug-likeness (QED) is 0.852. The fourth-order valence-electron chi connectivity index (χ4n) is 1.52. The summed E-state index contributed by atoms with van der Waals surface area (Å²) in [5, 5.41) is 0. The summed E-state index contributed by atoms with van der Waals surface area (Å²) in [6.45, 7) is 0. The van der Waals surface area contributed by atoms with E-state index in [-0.39, 0.29) is 5.75 Å². The molecule has 2 aromatic rings. The maximum absolute atomic E-state index is 12.1. The van der Waals surface area contributed by atoms with Gasteiger partial charge in [0.15, 0.2) is 0 Å². The zero-order valence-electron chi connectivity index (χ0n) is 9.94. The van der Waals surface area contributed by atoms with Crippen LogP contribution in [0.2, 0.25) is 0 Å². The van der Waals surface area contributed by atoms with Crippen LogP contribution < -0.4 is 9.47 Å². The van der Waals surface area contributed by atoms with Crippen LogP contribution in [0.1, 0.15) is 0 Å². The van der Waals surface area contributed by atoms with Crippen LogP contribution in [0.5, 0.6) is 11.5 Å². The normalized spacial score (nSPS) is 11.2. The number of nitrogens with zero attached hydrogens (tertiary/aromatic N) is 1. The molecule has 0 spiro atoms. The topological polar surface area (TPSA) is 31.4 Å². The van der Waals surface area contributed by atoms with Crippen molar-refractivity contribution in [3.8, 4) is 22.8 Å². The lowest BCUT2D eigenvalue weighted by Crippen LogP contribution is -2.17. The molecule has 0 saturated carbocycles. The molecule has 0 aliphatic rings. The van der Waals surface area contributed by atoms with Crippen LogP contribution in [-0.4, -0.2) is 18.5 Å². The second-order valence-electron chi connectivity index (χ2n) is 3.66. The predicted octanol–water partition coefficient (Wildman–Crippen LogP) is 3.66. The van der Waals surface area contributed by atoms with Crippen molar-refractivity contribution in [3.63, 3.8) is 0 Å². The molecular weight excluding hydrogens is 259 g/mol. The van der Waals surface area contributed by atoms with E-state index in [1.807, 2.05) is 0 Å². The molecule has 1 heterocycles. The Balaban J connectivity index is 2.27. The number of alkyl halides is 3. The van der Waals surface area contributed by atoms with Gasteiger partial charge < -0.3 is 9.47 Å². The molecule has 0 N–H and O–H groups in total. The minimum Gasteiger partial charge on any atom is -0.495 e. The van der Waals surface area contributed by atoms with Gasteiger partial charge in [-0.05, 0) is 24.3 Å². The third-order valence-corrected chi connectivity index (χ3v) is 2.34. The molecule has 19 heavy (non-hydrogen) atoms. The summed E-state index contributed by atoms with van der Waals surface area (Å²) in [4.78, 5) is 4.10. The third kappa shape index (κ3) is 3.61. The van der Waals surface area contributed by atoms with Gasteiger partial charge in [0.2, 0.25) is 0 Å². The number of methoxy groups -OCH3 is 1. The number of ether oxygens (including phenoxy) is 2. The van der Waals surface area contributed by atoms with Crippen molar-refractivity contribution >= 4 is 0 Å². The minimum absolute atomic E-state index is 0.275. The van der Waals surface area contributed by atoms with E-state index >= 15 is 0 Å². The first kappa shape index (κ1) is 13.2. The van der Waals surface area contributed by atoms with Crippen LogP contribution in [0.3, 0.4) is 0 Å². The Morgan fingerprint density at radius 3 is 2.42 bits per heavy atom. The highest BCUT2D eigenvalue weighted by Gasteiger charge is 2.31. The summed E-state index contributed by atoms with van der Waals surface area (Å²) in [5.41, 5.74) is 1.07. The van der Waals surface area contributed by atoms with E-state index in [1.54, 1.807) is 18.2 Å². The summed E-state index contributed by atoms with van der Waals surface area (Å²) in [6.07, 6.45) is -3.21. The first-order valence-corrected chi connectivity index (χ1v) is 5.34. The highest BCUT2D eigenvalue weighted by molar-refractivity contribution is 5.61. The average molecular weight is 269 g/mol. The van der Waals surface area contributed by atoms with Crippen LogP contribution in [0.15, 0.2) is 42.6 Å². The summed E-state index contributed by atoms with van der Waals surface area (Å²) in [5.74, 6) is 0.300. The van der Waals surface area contributed by atoms with E-state index in [0.29, 0.717) is 17.0 Å². The Morgan fingerprint density at radius 2 is 1.84 bits per heavy atom. The molecule has 2 rings (SSSR count). The molecule has 0 aliphatic heterocycles. The van der Waals surface area contributed by atoms with Gasteiger partial charge in [-0.15, -0.1) is 13.2 Å². The molecule has 0 atom stereocenters. The van der Waals surface area contributed by atoms with Gasteiger partial charge in [-0.25, -0.2) is 0 Å². The Labute approximate surface area is 107 Å². The summed E-state index contributed by atoms with van der Waals surface area (Å²) in [7, 11) is 1.51. The molecule has 0 fully saturated rings. The third-order valence-electron chi connectivity index (χ3n) is 2.34. The molecule has 6 heteroatoms. The van der Waals surface area contributed by atoms with E-state index in [1.165, 1.54) is 31.5 Å². The Morgan fingerprint density at radius 1 is 1.05 bits per heavy atom. The molecule has 1 aromatic heterocycles. The van der Waals surface area contributed by atoms with Crippen molar-refractivity contribution in [2.45, 2.75) is 6.36 Å². The summed E-state index contributed by atoms with van der Waals surface area (Å²) < 4.78 is 45.2. The van der Waals surface area contributed by atoms with Gasteiger partial charge in [0.25, 0.3) is 0 Å². The molecule has 1 aromatic carbocycles. The van der Waals surface area contributed by atoms with Crippen molar-refractivity contribution in [3.05, 3.63) is 42.6 Å². The number of pyridine rings is 1. The Bertz CT molecular complexity index is 553. The molecule has 0 unspecified atom stereocenters. The molecule has 0 amide bonds. The molecular formula is C13H10F3NO2. The number of benzene rings is 1. The molecule has 3 nitrogen and oxygen atoms in total. The van der Waals surface area contributed by atoms with Crippen molar-refractivity contribution in [1.29, 1.82) is 0 Å². The van der Waals surface area contributed by atoms with Crippen LogP contribution in [-0.2, 0) is 0 Å². The Kier molecular flexibility index (Phi) is 3.59. The highest BCUT2D eigenvalue weighted by atomic mass is 19.4. The molecule has 100 valence electrons. The number of hydrogen-bond donors (Lipinski definition) is 0. The van der Waals surface area contributed by atoms with E-state index < -0.39 is 6.36 Å². The molecule has 0 saturated heterocycles. The standard InChI is InChI=1S/C13H10F3NO2/c1-18-11-5-6-12(17-8-11)9-3-2-4-10(7-9)19-13(14,15)16/h2-8H,1H3. The molecule has 0 aliphatic carbocycles. The molecule has 0 radical (unpaired) electrons. The van der Waals surface area contributed by atoms with Gasteiger partial charge in [-0.3, -0.25) is 4.98 Å². The highest BCUT2D eigenvalue weighted by Crippen LogP contribution is 2.27. The second kappa shape index (κ2) is 5.17. The van der Waals surface area contributed by atoms with Crippen molar-refractivity contribution in [2.24, 2.45) is 0 Å². The van der Waals surface area contributed by atoms with E-state index in [0.717, 1.165) is 0 Å². The summed E-state index contributed by atoms with van der Waals surface area (Å²) in [6, 6.07) is 8.98. The lowest BCUT2D eigenvalue weighted by atomic mass is 10.1. The average Bonchev–Trinajstić information content (AvgIpc) is 2.37. The zero-order valence-corrected chi connectivity index (χ0v) is 9.94. The van der Waals surface area contributed by atoms with Gasteiger partial charge in [0, 0.05) is 5.56 Å². The number of aromatic nitrogens is 1. The van der Waals surface area contributed by atoms with Crippen molar-refractivity contribution in [2.75, 3.05) is 7.11 Å². The van der Waals surface area contributed by atoms with Gasteiger partial charge >= 0.3 is 6.36 Å². The fraction of sp³-hybridized carbons (Fsp3) is 0.154. The fourth-order valence-corrected chi connectivity index (χ4v) is 1.52. The van der Waals surface area contributed by atoms with E-state index in [4.69, 9.17) is 4.74 Å². The maximum atomic E-state index is 12.1. The van der Waals surface area contributed by atoms with Gasteiger partial charge in [0.1, 0.15) is 11.5 Å². The first-order chi connectivity index (χ1) is 8.98. The van der Waals surface area contributed by atoms with Gasteiger partial charge in [-0.1, -0.05) is 12.1 Å². The maximum Gasteiger partial charge on any atom is 0.573 e. The monoisotopic (exact) mass is 269 g/mol. The molecule has 0 bridgehead atoms. The lowest BCUT2D eigenvalue weighted by Gasteiger charge is -2.10. The number of rotatable bonds is 3. The van der Waals surface area contributed by atoms with Crippen molar-refractivity contribution in [1.82, 2.24) is 4.98 Å². The van der Waals surface area contributed by atoms with Crippen LogP contribution >= 0.6 is 0 Å². The SMILES string of the molecule is COc1ccc(-c2cccc(OC(F)(F)F)c2)nc1. The summed E-state index contributed by atoms with van der Waals surface area (Å²) >= 11 is 0. The second-order valence-corrected chi connectivity index (χ2v) is 3.66. The lowest BCUT2D eigenvalue weighted by molar-refractivity contribution is -0.274. The van der Waals surface area contributed by atoms with Crippen LogP contribution in [0.25, 0.3) is 11.3 Å². The van der Waals surface area contributed by atoms with Gasteiger partial charge in [0.05, 0.1) is 19.0 Å². The largest absolute Gasteiger partial charge is 0.573 e. The minimum atomic E-state index is -4.70. The number of hydrogen-bond acceptors (Lipinski definition) is 3. The van der Waals surface area contributed by atoms with E-state index in [9.17, 15) is 13.2 Å².